The highest BCUT2D eigenvalue weighted by Gasteiger charge is 2.33. The highest BCUT2D eigenvalue weighted by molar-refractivity contribution is 6.06. The van der Waals surface area contributed by atoms with Crippen LogP contribution < -0.4 is 15.0 Å². The molecule has 1 aliphatic rings. The summed E-state index contributed by atoms with van der Waals surface area (Å²) >= 11 is 0. The van der Waals surface area contributed by atoms with Crippen molar-refractivity contribution in [3.63, 3.8) is 0 Å². The Morgan fingerprint density at radius 3 is 2.71 bits per heavy atom. The predicted molar refractivity (Wildman–Crippen MR) is 105 cm³/mol. The minimum absolute atomic E-state index is 0.0256. The molecule has 0 atom stereocenters. The van der Waals surface area contributed by atoms with Crippen molar-refractivity contribution in [3.8, 4) is 5.75 Å². The van der Waals surface area contributed by atoms with E-state index < -0.39 is 23.7 Å². The van der Waals surface area contributed by atoms with E-state index in [4.69, 9.17) is 4.74 Å². The van der Waals surface area contributed by atoms with Crippen LogP contribution in [0.3, 0.4) is 0 Å². The third kappa shape index (κ3) is 4.71. The van der Waals surface area contributed by atoms with Crippen molar-refractivity contribution < 1.29 is 22.7 Å². The Bertz CT molecular complexity index is 1110. The molecular weight excluding hydrogens is 413 g/mol. The first-order chi connectivity index (χ1) is 14.9. The van der Waals surface area contributed by atoms with Crippen molar-refractivity contribution in [2.24, 2.45) is 0 Å². The molecule has 0 saturated carbocycles. The topological polar surface area (TPSA) is 93.1 Å². The Balaban J connectivity index is 1.43. The summed E-state index contributed by atoms with van der Waals surface area (Å²) in [4.78, 5) is 22.8. The van der Waals surface area contributed by atoms with Crippen molar-refractivity contribution in [1.29, 1.82) is 0 Å². The summed E-state index contributed by atoms with van der Waals surface area (Å²) in [5.41, 5.74) is 0.785. The van der Waals surface area contributed by atoms with E-state index >= 15 is 0 Å². The fraction of sp³-hybridized carbons (Fsp3) is 0.250. The Morgan fingerprint density at radius 2 is 1.97 bits per heavy atom. The van der Waals surface area contributed by atoms with Crippen LogP contribution in [-0.4, -0.2) is 45.3 Å². The van der Waals surface area contributed by atoms with Gasteiger partial charge in [0.15, 0.2) is 11.5 Å². The van der Waals surface area contributed by atoms with Crippen LogP contribution in [0, 0.1) is 12.7 Å². The van der Waals surface area contributed by atoms with Gasteiger partial charge in [0.2, 0.25) is 0 Å². The molecule has 1 N–H and O–H groups in total. The summed E-state index contributed by atoms with van der Waals surface area (Å²) in [5, 5.41) is 10.3. The summed E-state index contributed by atoms with van der Waals surface area (Å²) in [7, 11) is 0. The van der Waals surface area contributed by atoms with Gasteiger partial charge in [0.25, 0.3) is 12.3 Å². The van der Waals surface area contributed by atoms with Gasteiger partial charge >= 0.3 is 0 Å². The predicted octanol–water partition coefficient (Wildman–Crippen LogP) is 3.17. The molecule has 0 spiro atoms. The smallest absolute Gasteiger partial charge is 0.278 e. The second kappa shape index (κ2) is 8.54. The van der Waals surface area contributed by atoms with Crippen LogP contribution >= 0.6 is 0 Å². The lowest BCUT2D eigenvalue weighted by Crippen LogP contribution is -2.54. The maximum Gasteiger partial charge on any atom is 0.278 e. The third-order valence-corrected chi connectivity index (χ3v) is 4.52. The highest BCUT2D eigenvalue weighted by atomic mass is 19.3. The van der Waals surface area contributed by atoms with Gasteiger partial charge in [0.05, 0.1) is 30.7 Å². The number of carbonyl (C=O) groups excluding carboxylic acids is 1. The molecule has 0 unspecified atom stereocenters. The lowest BCUT2D eigenvalue weighted by atomic mass is 10.1. The van der Waals surface area contributed by atoms with Gasteiger partial charge in [-0.25, -0.2) is 23.1 Å². The second-order valence-electron chi connectivity index (χ2n) is 6.93. The number of ether oxygens (including phenoxy) is 1. The lowest BCUT2D eigenvalue weighted by Gasteiger charge is -2.40. The van der Waals surface area contributed by atoms with E-state index in [1.807, 2.05) is 0 Å². The van der Waals surface area contributed by atoms with Crippen molar-refractivity contribution in [1.82, 2.24) is 20.2 Å². The van der Waals surface area contributed by atoms with Crippen molar-refractivity contribution in [3.05, 3.63) is 65.6 Å². The number of halogens is 3. The number of benzene rings is 1. The average Bonchev–Trinajstić information content (AvgIpc) is 2.70. The molecule has 4 rings (SSSR count). The third-order valence-electron chi connectivity index (χ3n) is 4.52. The zero-order valence-corrected chi connectivity index (χ0v) is 16.3. The van der Waals surface area contributed by atoms with Gasteiger partial charge in [-0.05, 0) is 25.1 Å². The number of hydrogen-bond donors (Lipinski definition) is 1. The van der Waals surface area contributed by atoms with Gasteiger partial charge in [-0.1, -0.05) is 0 Å². The molecule has 0 radical (unpaired) electrons. The molecule has 31 heavy (non-hydrogen) atoms. The molecule has 1 amide bonds. The molecule has 160 valence electrons. The fourth-order valence-electron chi connectivity index (χ4n) is 3.11. The van der Waals surface area contributed by atoms with Gasteiger partial charge in [0, 0.05) is 24.0 Å². The van der Waals surface area contributed by atoms with E-state index in [9.17, 15) is 18.0 Å². The quantitative estimate of drug-likeness (QED) is 0.642. The number of nitrogens with zero attached hydrogens (tertiary/aromatic N) is 5. The van der Waals surface area contributed by atoms with Crippen molar-refractivity contribution >= 4 is 17.4 Å². The molecule has 0 bridgehead atoms. The van der Waals surface area contributed by atoms with Crippen LogP contribution in [-0.2, 0) is 0 Å². The zero-order chi connectivity index (χ0) is 22.0. The minimum Gasteiger partial charge on any atom is -0.487 e. The van der Waals surface area contributed by atoms with Gasteiger partial charge in [0.1, 0.15) is 17.7 Å². The average molecular weight is 430 g/mol. The molecule has 0 aliphatic carbocycles. The van der Waals surface area contributed by atoms with Gasteiger partial charge in [-0.2, -0.15) is 10.2 Å². The second-order valence-corrected chi connectivity index (χ2v) is 6.93. The largest absolute Gasteiger partial charge is 0.487 e. The van der Waals surface area contributed by atoms with Gasteiger partial charge < -0.3 is 15.0 Å². The summed E-state index contributed by atoms with van der Waals surface area (Å²) < 4.78 is 44.9. The maximum absolute atomic E-state index is 13.6. The highest BCUT2D eigenvalue weighted by Crippen LogP contribution is 2.28. The SMILES string of the molecule is Cc1cc(NC(=O)c2nccnc2N2CC(Oc3cc(F)cc(C(F)F)c3)C2)cnn1. The first-order valence-corrected chi connectivity index (χ1v) is 9.31. The summed E-state index contributed by atoms with van der Waals surface area (Å²) in [6.45, 7) is 2.41. The fourth-order valence-corrected chi connectivity index (χ4v) is 3.11. The van der Waals surface area contributed by atoms with Crippen LogP contribution in [0.15, 0.2) is 42.9 Å². The number of rotatable bonds is 6. The van der Waals surface area contributed by atoms with Gasteiger partial charge in [-0.3, -0.25) is 4.79 Å². The molecule has 3 aromatic rings. The number of alkyl halides is 2. The van der Waals surface area contributed by atoms with Crippen LogP contribution in [0.5, 0.6) is 5.75 Å². The number of aromatic nitrogens is 4. The number of carbonyl (C=O) groups is 1. The Kier molecular flexibility index (Phi) is 5.65. The molecule has 1 aromatic carbocycles. The summed E-state index contributed by atoms with van der Waals surface area (Å²) in [6, 6.07) is 4.61. The first kappa shape index (κ1) is 20.5. The normalized spacial score (nSPS) is 13.8. The van der Waals surface area contributed by atoms with E-state index in [1.165, 1.54) is 18.6 Å². The van der Waals surface area contributed by atoms with E-state index in [-0.39, 0.29) is 17.5 Å². The number of amides is 1. The molecule has 3 heterocycles. The zero-order valence-electron chi connectivity index (χ0n) is 16.3. The van der Waals surface area contributed by atoms with Gasteiger partial charge in [-0.15, -0.1) is 0 Å². The summed E-state index contributed by atoms with van der Waals surface area (Å²) in [6.07, 6.45) is 1.11. The standard InChI is InChI=1S/C20H17F3N6O2/c1-11-4-14(8-26-28-11)27-20(30)17-19(25-3-2-24-17)29-9-16(10-29)31-15-6-12(18(22)23)5-13(21)7-15/h2-8,16,18H,9-10H2,1H3,(H,27,28,30). The Hall–Kier alpha value is -3.76. The summed E-state index contributed by atoms with van der Waals surface area (Å²) in [5.74, 6) is -0.881. The molecule has 8 nitrogen and oxygen atoms in total. The van der Waals surface area contributed by atoms with E-state index in [0.717, 1.165) is 18.2 Å². The lowest BCUT2D eigenvalue weighted by molar-refractivity contribution is 0.102. The number of anilines is 2. The molecule has 11 heteroatoms. The molecule has 1 fully saturated rings. The maximum atomic E-state index is 13.6. The molecule has 1 aliphatic heterocycles. The van der Waals surface area contributed by atoms with Crippen LogP contribution in [0.2, 0.25) is 0 Å². The van der Waals surface area contributed by atoms with Crippen LogP contribution in [0.25, 0.3) is 0 Å². The molecular formula is C20H17F3N6O2. The van der Waals surface area contributed by atoms with E-state index in [0.29, 0.717) is 30.3 Å². The first-order valence-electron chi connectivity index (χ1n) is 9.31. The Morgan fingerprint density at radius 1 is 1.19 bits per heavy atom. The van der Waals surface area contributed by atoms with Crippen molar-refractivity contribution in [2.45, 2.75) is 19.5 Å². The number of aryl methyl sites for hydroxylation is 1. The van der Waals surface area contributed by atoms with Crippen LogP contribution in [0.1, 0.15) is 28.2 Å². The van der Waals surface area contributed by atoms with E-state index in [2.05, 4.69) is 25.5 Å². The minimum atomic E-state index is -2.80. The Labute approximate surface area is 175 Å². The number of hydrogen-bond acceptors (Lipinski definition) is 7. The molecule has 2 aromatic heterocycles. The van der Waals surface area contributed by atoms with Crippen molar-refractivity contribution in [2.75, 3.05) is 23.3 Å². The number of nitrogens with one attached hydrogen (secondary N) is 1. The van der Waals surface area contributed by atoms with E-state index in [1.54, 1.807) is 17.9 Å². The monoisotopic (exact) mass is 430 g/mol. The molecule has 1 saturated heterocycles. The van der Waals surface area contributed by atoms with Crippen LogP contribution in [0.4, 0.5) is 24.7 Å².